The van der Waals surface area contributed by atoms with E-state index in [1.54, 1.807) is 0 Å². The number of nitrogens with zero attached hydrogens (tertiary/aromatic N) is 1. The monoisotopic (exact) mass is 247 g/mol. The van der Waals surface area contributed by atoms with Gasteiger partial charge >= 0.3 is 0 Å². The molecule has 0 aromatic heterocycles. The Labute approximate surface area is 108 Å². The molecular formula is C15H21NO2. The molecule has 0 saturated carbocycles. The van der Waals surface area contributed by atoms with Crippen molar-refractivity contribution in [3.8, 4) is 0 Å². The van der Waals surface area contributed by atoms with Crippen LogP contribution in [0.5, 0.6) is 0 Å². The largest absolute Gasteiger partial charge is 0.393 e. The van der Waals surface area contributed by atoms with E-state index in [1.165, 1.54) is 0 Å². The van der Waals surface area contributed by atoms with Crippen LogP contribution >= 0.6 is 0 Å². The second kappa shape index (κ2) is 6.01. The van der Waals surface area contributed by atoms with Crippen molar-refractivity contribution in [3.63, 3.8) is 0 Å². The molecule has 1 aliphatic rings. The first-order valence-electron chi connectivity index (χ1n) is 6.77. The number of rotatable bonds is 2. The van der Waals surface area contributed by atoms with E-state index < -0.39 is 0 Å². The van der Waals surface area contributed by atoms with E-state index in [4.69, 9.17) is 0 Å². The second-order valence-electron chi connectivity index (χ2n) is 4.89. The summed E-state index contributed by atoms with van der Waals surface area (Å²) < 4.78 is 0. The molecule has 1 N–H and O–H groups in total. The van der Waals surface area contributed by atoms with Crippen LogP contribution in [0.3, 0.4) is 0 Å². The highest BCUT2D eigenvalue weighted by molar-refractivity contribution is 5.95. The molecule has 0 unspecified atom stereocenters. The van der Waals surface area contributed by atoms with Crippen molar-refractivity contribution in [2.75, 3.05) is 13.1 Å². The van der Waals surface area contributed by atoms with Crippen LogP contribution in [0.15, 0.2) is 24.3 Å². The Morgan fingerprint density at radius 3 is 2.89 bits per heavy atom. The molecule has 1 heterocycles. The maximum atomic E-state index is 12.5. The van der Waals surface area contributed by atoms with Crippen molar-refractivity contribution in [1.29, 1.82) is 0 Å². The Morgan fingerprint density at radius 2 is 2.11 bits per heavy atom. The second-order valence-corrected chi connectivity index (χ2v) is 4.89. The Bertz CT molecular complexity index is 417. The molecule has 1 fully saturated rings. The van der Waals surface area contributed by atoms with Crippen LogP contribution in [0, 0.1) is 0 Å². The van der Waals surface area contributed by atoms with E-state index in [9.17, 15) is 9.90 Å². The lowest BCUT2D eigenvalue weighted by atomic mass is 10.0. The first-order valence-corrected chi connectivity index (χ1v) is 6.77. The molecule has 3 heteroatoms. The average molecular weight is 247 g/mol. The molecular weight excluding hydrogens is 226 g/mol. The summed E-state index contributed by atoms with van der Waals surface area (Å²) in [4.78, 5) is 14.4. The fourth-order valence-corrected chi connectivity index (χ4v) is 2.49. The minimum absolute atomic E-state index is 0.113. The van der Waals surface area contributed by atoms with Gasteiger partial charge in [0.1, 0.15) is 0 Å². The molecule has 18 heavy (non-hydrogen) atoms. The van der Waals surface area contributed by atoms with Crippen LogP contribution in [-0.4, -0.2) is 35.1 Å². The van der Waals surface area contributed by atoms with E-state index in [-0.39, 0.29) is 12.0 Å². The zero-order valence-electron chi connectivity index (χ0n) is 10.9. The number of aryl methyl sites for hydroxylation is 1. The van der Waals surface area contributed by atoms with Crippen LogP contribution in [0.4, 0.5) is 0 Å². The van der Waals surface area contributed by atoms with Gasteiger partial charge in [-0.3, -0.25) is 4.79 Å². The molecule has 3 nitrogen and oxygen atoms in total. The number of hydrogen-bond donors (Lipinski definition) is 1. The predicted octanol–water partition coefficient (Wildman–Crippen LogP) is 2.24. The number of benzene rings is 1. The molecule has 0 radical (unpaired) electrons. The third-order valence-corrected chi connectivity index (χ3v) is 3.61. The maximum absolute atomic E-state index is 12.5. The van der Waals surface area contributed by atoms with Gasteiger partial charge in [0.05, 0.1) is 6.10 Å². The molecule has 0 spiro atoms. The molecule has 1 amide bonds. The quantitative estimate of drug-likeness (QED) is 0.870. The van der Waals surface area contributed by atoms with Crippen molar-refractivity contribution >= 4 is 5.91 Å². The van der Waals surface area contributed by atoms with Crippen molar-refractivity contribution in [3.05, 3.63) is 35.4 Å². The van der Waals surface area contributed by atoms with Crippen LogP contribution in [0.1, 0.15) is 42.1 Å². The zero-order chi connectivity index (χ0) is 13.0. The Hall–Kier alpha value is -1.35. The van der Waals surface area contributed by atoms with Crippen molar-refractivity contribution < 1.29 is 9.90 Å². The summed E-state index contributed by atoms with van der Waals surface area (Å²) in [6.07, 6.45) is 3.02. The number of hydrogen-bond acceptors (Lipinski definition) is 2. The Kier molecular flexibility index (Phi) is 4.37. The van der Waals surface area contributed by atoms with Gasteiger partial charge in [-0.05, 0) is 37.3 Å². The van der Waals surface area contributed by atoms with Crippen LogP contribution in [-0.2, 0) is 6.42 Å². The normalized spacial score (nSPS) is 20.6. The number of aliphatic hydroxyl groups is 1. The molecule has 1 atom stereocenters. The van der Waals surface area contributed by atoms with Gasteiger partial charge in [-0.2, -0.15) is 0 Å². The van der Waals surface area contributed by atoms with Crippen molar-refractivity contribution in [2.24, 2.45) is 0 Å². The van der Waals surface area contributed by atoms with Gasteiger partial charge in [-0.25, -0.2) is 0 Å². The van der Waals surface area contributed by atoms with Gasteiger partial charge in [-0.15, -0.1) is 0 Å². The summed E-state index contributed by atoms with van der Waals surface area (Å²) in [6, 6.07) is 7.81. The van der Waals surface area contributed by atoms with Gasteiger partial charge in [0.15, 0.2) is 0 Å². The standard InChI is InChI=1S/C15H21NO2/c1-2-12-6-3-4-8-14(12)15(18)16-10-5-7-13(17)9-11-16/h3-4,6,8,13,17H,2,5,7,9-11H2,1H3/t13-/m0/s1. The van der Waals surface area contributed by atoms with E-state index in [0.717, 1.165) is 36.9 Å². The third-order valence-electron chi connectivity index (χ3n) is 3.61. The smallest absolute Gasteiger partial charge is 0.254 e. The summed E-state index contributed by atoms with van der Waals surface area (Å²) in [6.45, 7) is 3.49. The molecule has 1 saturated heterocycles. The Balaban J connectivity index is 2.15. The number of carbonyl (C=O) groups excluding carboxylic acids is 1. The summed E-state index contributed by atoms with van der Waals surface area (Å²) >= 11 is 0. The average Bonchev–Trinajstić information content (AvgIpc) is 2.62. The van der Waals surface area contributed by atoms with Crippen molar-refractivity contribution in [1.82, 2.24) is 4.90 Å². The lowest BCUT2D eigenvalue weighted by Gasteiger charge is -2.21. The third kappa shape index (κ3) is 2.91. The van der Waals surface area contributed by atoms with Crippen LogP contribution in [0.2, 0.25) is 0 Å². The van der Waals surface area contributed by atoms with Gasteiger partial charge in [0, 0.05) is 18.7 Å². The summed E-state index contributed by atoms with van der Waals surface area (Å²) in [5, 5.41) is 9.62. The molecule has 1 aromatic rings. The minimum Gasteiger partial charge on any atom is -0.393 e. The summed E-state index contributed by atoms with van der Waals surface area (Å²) in [5.41, 5.74) is 1.92. The Morgan fingerprint density at radius 1 is 1.33 bits per heavy atom. The molecule has 0 aliphatic carbocycles. The lowest BCUT2D eigenvalue weighted by Crippen LogP contribution is -2.32. The minimum atomic E-state index is -0.246. The highest BCUT2D eigenvalue weighted by Gasteiger charge is 2.21. The molecule has 1 aliphatic heterocycles. The maximum Gasteiger partial charge on any atom is 0.254 e. The van der Waals surface area contributed by atoms with E-state index in [0.29, 0.717) is 13.0 Å². The van der Waals surface area contributed by atoms with E-state index in [1.807, 2.05) is 29.2 Å². The molecule has 98 valence electrons. The number of aliphatic hydroxyl groups excluding tert-OH is 1. The van der Waals surface area contributed by atoms with Gasteiger partial charge < -0.3 is 10.0 Å². The van der Waals surface area contributed by atoms with Crippen molar-refractivity contribution in [2.45, 2.75) is 38.7 Å². The molecule has 2 rings (SSSR count). The summed E-state index contributed by atoms with van der Waals surface area (Å²) in [7, 11) is 0. The predicted molar refractivity (Wildman–Crippen MR) is 71.6 cm³/mol. The fraction of sp³-hybridized carbons (Fsp3) is 0.533. The number of amides is 1. The molecule has 0 bridgehead atoms. The highest BCUT2D eigenvalue weighted by Crippen LogP contribution is 2.16. The lowest BCUT2D eigenvalue weighted by molar-refractivity contribution is 0.0752. The van der Waals surface area contributed by atoms with E-state index >= 15 is 0 Å². The first kappa shape index (κ1) is 13.1. The fourth-order valence-electron chi connectivity index (χ4n) is 2.49. The van der Waals surface area contributed by atoms with E-state index in [2.05, 4.69) is 6.92 Å². The molecule has 1 aromatic carbocycles. The van der Waals surface area contributed by atoms with Crippen LogP contribution in [0.25, 0.3) is 0 Å². The number of carbonyl (C=O) groups is 1. The number of likely N-dealkylation sites (tertiary alicyclic amines) is 1. The van der Waals surface area contributed by atoms with Gasteiger partial charge in [0.2, 0.25) is 0 Å². The van der Waals surface area contributed by atoms with Crippen LogP contribution < -0.4 is 0 Å². The first-order chi connectivity index (χ1) is 8.72. The summed E-state index contributed by atoms with van der Waals surface area (Å²) in [5.74, 6) is 0.113. The van der Waals surface area contributed by atoms with Gasteiger partial charge in [-0.1, -0.05) is 25.1 Å². The van der Waals surface area contributed by atoms with Gasteiger partial charge in [0.25, 0.3) is 5.91 Å². The highest BCUT2D eigenvalue weighted by atomic mass is 16.3. The SMILES string of the molecule is CCc1ccccc1C(=O)N1CCC[C@H](O)CC1. The zero-order valence-corrected chi connectivity index (χ0v) is 10.9. The topological polar surface area (TPSA) is 40.5 Å².